The molecule has 1 atom stereocenters. The van der Waals surface area contributed by atoms with Gasteiger partial charge in [-0.15, -0.1) is 10.2 Å². The van der Waals surface area contributed by atoms with Crippen molar-refractivity contribution in [2.75, 3.05) is 13.2 Å². The summed E-state index contributed by atoms with van der Waals surface area (Å²) < 4.78 is 5.31. The second-order valence-corrected chi connectivity index (χ2v) is 4.06. The largest absolute Gasteiger partial charge is 0.389 e. The van der Waals surface area contributed by atoms with E-state index in [2.05, 4.69) is 15.4 Å². The predicted molar refractivity (Wildman–Crippen MR) is 52.1 cm³/mol. The molecule has 15 heavy (non-hydrogen) atoms. The van der Waals surface area contributed by atoms with Crippen molar-refractivity contribution < 1.29 is 9.84 Å². The van der Waals surface area contributed by atoms with Crippen molar-refractivity contribution in [3.63, 3.8) is 0 Å². The van der Waals surface area contributed by atoms with Crippen LogP contribution in [0.4, 0.5) is 0 Å². The molecule has 0 aromatic carbocycles. The van der Waals surface area contributed by atoms with E-state index in [0.29, 0.717) is 25.3 Å². The van der Waals surface area contributed by atoms with Gasteiger partial charge in [-0.25, -0.2) is 0 Å². The average molecular weight is 212 g/mol. The van der Waals surface area contributed by atoms with Crippen molar-refractivity contribution in [3.8, 4) is 0 Å². The summed E-state index contributed by atoms with van der Waals surface area (Å²) in [5.74, 6) is 0.599. The Balaban J connectivity index is 2.02. The molecule has 1 aliphatic rings. The van der Waals surface area contributed by atoms with Gasteiger partial charge in [0.25, 0.3) is 0 Å². The summed E-state index contributed by atoms with van der Waals surface area (Å²) in [6.45, 7) is 1.34. The van der Waals surface area contributed by atoms with Crippen molar-refractivity contribution in [2.45, 2.75) is 31.3 Å². The number of aliphatic hydroxyl groups is 1. The molecule has 0 saturated carbocycles. The summed E-state index contributed by atoms with van der Waals surface area (Å²) in [5.41, 5.74) is -0.723. The zero-order valence-corrected chi connectivity index (χ0v) is 8.89. The highest BCUT2D eigenvalue weighted by atomic mass is 16.5. The lowest BCUT2D eigenvalue weighted by Gasteiger charge is -2.23. The Morgan fingerprint density at radius 2 is 2.33 bits per heavy atom. The number of aryl methyl sites for hydroxylation is 1. The lowest BCUT2D eigenvalue weighted by Crippen LogP contribution is -2.32. The van der Waals surface area contributed by atoms with Crippen LogP contribution in [0, 0.1) is 0 Å². The smallest absolute Gasteiger partial charge is 0.177 e. The molecule has 6 heteroatoms. The minimum Gasteiger partial charge on any atom is -0.389 e. The first-order chi connectivity index (χ1) is 7.18. The van der Waals surface area contributed by atoms with Gasteiger partial charge in [0.1, 0.15) is 0 Å². The van der Waals surface area contributed by atoms with Crippen LogP contribution in [0.25, 0.3) is 0 Å². The van der Waals surface area contributed by atoms with Gasteiger partial charge in [-0.1, -0.05) is 0 Å². The van der Waals surface area contributed by atoms with E-state index < -0.39 is 5.60 Å². The van der Waals surface area contributed by atoms with Crippen LogP contribution in [0.15, 0.2) is 0 Å². The lowest BCUT2D eigenvalue weighted by atomic mass is 9.91. The van der Waals surface area contributed by atoms with Crippen LogP contribution >= 0.6 is 0 Å². The molecule has 1 aromatic rings. The van der Waals surface area contributed by atoms with Crippen molar-refractivity contribution in [3.05, 3.63) is 5.82 Å². The van der Waals surface area contributed by atoms with Crippen LogP contribution in [-0.2, 0) is 18.2 Å². The average Bonchev–Trinajstić information content (AvgIpc) is 2.46. The Hall–Kier alpha value is -1.01. The lowest BCUT2D eigenvalue weighted by molar-refractivity contribution is 0.0171. The first-order valence-electron chi connectivity index (χ1n) is 5.21. The van der Waals surface area contributed by atoms with E-state index in [0.717, 1.165) is 19.4 Å². The molecule has 1 aliphatic heterocycles. The summed E-state index contributed by atoms with van der Waals surface area (Å²) in [5, 5.41) is 22.0. The van der Waals surface area contributed by atoms with Crippen molar-refractivity contribution >= 4 is 0 Å². The van der Waals surface area contributed by atoms with Gasteiger partial charge in [-0.2, -0.15) is 4.80 Å². The fourth-order valence-corrected chi connectivity index (χ4v) is 1.86. The highest BCUT2D eigenvalue weighted by molar-refractivity contribution is 4.91. The summed E-state index contributed by atoms with van der Waals surface area (Å²) in [4.78, 5) is 1.41. The monoisotopic (exact) mass is 212 g/mol. The quantitative estimate of drug-likeness (QED) is 0.727. The summed E-state index contributed by atoms with van der Waals surface area (Å²) in [6, 6.07) is 0. The van der Waals surface area contributed by atoms with Crippen molar-refractivity contribution in [1.82, 2.24) is 20.2 Å². The predicted octanol–water partition coefficient (Wildman–Crippen LogP) is -0.316. The Kier molecular flexibility index (Phi) is 2.97. The molecule has 2 rings (SSSR count). The maximum absolute atomic E-state index is 10.3. The van der Waals surface area contributed by atoms with Gasteiger partial charge in [-0.05, 0) is 24.5 Å². The molecule has 1 fully saturated rings. The van der Waals surface area contributed by atoms with Gasteiger partial charge in [0.2, 0.25) is 0 Å². The van der Waals surface area contributed by atoms with Crippen LogP contribution in [0.3, 0.4) is 0 Å². The molecular formula is C9H16N4O2. The molecule has 1 unspecified atom stereocenters. The van der Waals surface area contributed by atoms with Crippen LogP contribution in [-0.4, -0.2) is 44.1 Å². The number of hydrogen-bond acceptors (Lipinski definition) is 5. The van der Waals surface area contributed by atoms with E-state index in [1.807, 2.05) is 0 Å². The van der Waals surface area contributed by atoms with Gasteiger partial charge in [0.05, 0.1) is 12.6 Å². The number of nitrogens with zero attached hydrogens (tertiary/aromatic N) is 4. The van der Waals surface area contributed by atoms with Gasteiger partial charge in [0, 0.05) is 19.6 Å². The molecule has 6 nitrogen and oxygen atoms in total. The van der Waals surface area contributed by atoms with E-state index in [4.69, 9.17) is 4.74 Å². The van der Waals surface area contributed by atoms with E-state index in [1.54, 1.807) is 7.05 Å². The number of tetrazole rings is 1. The maximum atomic E-state index is 10.3. The molecule has 2 heterocycles. The molecule has 0 spiro atoms. The fraction of sp³-hybridized carbons (Fsp3) is 0.889. The first kappa shape index (κ1) is 10.5. The molecule has 1 saturated heterocycles. The molecule has 0 amide bonds. The van der Waals surface area contributed by atoms with Crippen LogP contribution in [0.1, 0.15) is 25.1 Å². The highest BCUT2D eigenvalue weighted by Gasteiger charge is 2.30. The third-order valence-corrected chi connectivity index (χ3v) is 2.68. The van der Waals surface area contributed by atoms with Gasteiger partial charge in [0.15, 0.2) is 5.82 Å². The van der Waals surface area contributed by atoms with Crippen LogP contribution in [0.2, 0.25) is 0 Å². The molecule has 84 valence electrons. The molecule has 1 aromatic heterocycles. The van der Waals surface area contributed by atoms with E-state index in [1.165, 1.54) is 4.80 Å². The minimum atomic E-state index is -0.723. The van der Waals surface area contributed by atoms with Gasteiger partial charge >= 0.3 is 0 Å². The summed E-state index contributed by atoms with van der Waals surface area (Å²) in [7, 11) is 1.72. The van der Waals surface area contributed by atoms with E-state index in [9.17, 15) is 5.11 Å². The Labute approximate surface area is 88.2 Å². The fourth-order valence-electron chi connectivity index (χ4n) is 1.86. The zero-order chi connectivity index (χ0) is 10.7. The normalized spacial score (nSPS) is 27.6. The molecule has 1 N–H and O–H groups in total. The number of rotatable bonds is 2. The summed E-state index contributed by atoms with van der Waals surface area (Å²) in [6.07, 6.45) is 2.73. The standard InChI is InChI=1S/C9H16N4O2/c1-13-11-8(10-12-13)7-9(14)3-2-5-15-6-4-9/h14H,2-7H2,1H3. The van der Waals surface area contributed by atoms with E-state index in [-0.39, 0.29) is 0 Å². The second kappa shape index (κ2) is 4.24. The Morgan fingerprint density at radius 1 is 1.47 bits per heavy atom. The number of ether oxygens (including phenoxy) is 1. The molecule has 0 bridgehead atoms. The second-order valence-electron chi connectivity index (χ2n) is 4.06. The molecular weight excluding hydrogens is 196 g/mol. The van der Waals surface area contributed by atoms with Crippen LogP contribution < -0.4 is 0 Å². The number of aromatic nitrogens is 4. The topological polar surface area (TPSA) is 73.1 Å². The highest BCUT2D eigenvalue weighted by Crippen LogP contribution is 2.24. The first-order valence-corrected chi connectivity index (χ1v) is 5.21. The SMILES string of the molecule is Cn1nnc(CC2(O)CCCOCC2)n1. The van der Waals surface area contributed by atoms with E-state index >= 15 is 0 Å². The summed E-state index contributed by atoms with van der Waals surface area (Å²) >= 11 is 0. The Bertz CT molecular complexity index is 318. The maximum Gasteiger partial charge on any atom is 0.177 e. The zero-order valence-electron chi connectivity index (χ0n) is 8.89. The molecule has 0 radical (unpaired) electrons. The Morgan fingerprint density at radius 3 is 3.07 bits per heavy atom. The third kappa shape index (κ3) is 2.73. The molecule has 0 aliphatic carbocycles. The number of hydrogen-bond donors (Lipinski definition) is 1. The van der Waals surface area contributed by atoms with Crippen LogP contribution in [0.5, 0.6) is 0 Å². The van der Waals surface area contributed by atoms with Crippen molar-refractivity contribution in [2.24, 2.45) is 7.05 Å². The third-order valence-electron chi connectivity index (χ3n) is 2.68. The van der Waals surface area contributed by atoms with Gasteiger partial charge in [-0.3, -0.25) is 0 Å². The minimum absolute atomic E-state index is 0.463. The van der Waals surface area contributed by atoms with Gasteiger partial charge < -0.3 is 9.84 Å². The van der Waals surface area contributed by atoms with Crippen molar-refractivity contribution in [1.29, 1.82) is 0 Å².